The quantitative estimate of drug-likeness (QED) is 0.476. The molecule has 0 radical (unpaired) electrons. The largest absolute Gasteiger partial charge is 0.334 e. The van der Waals surface area contributed by atoms with E-state index in [9.17, 15) is 14.9 Å². The zero-order valence-electron chi connectivity index (χ0n) is 9.31. The van der Waals surface area contributed by atoms with Crippen LogP contribution in [0.25, 0.3) is 0 Å². The van der Waals surface area contributed by atoms with Crippen LogP contribution in [0.2, 0.25) is 0 Å². The first-order valence-corrected chi connectivity index (χ1v) is 6.25. The highest BCUT2D eigenvalue weighted by Gasteiger charge is 2.12. The molecule has 0 heterocycles. The summed E-state index contributed by atoms with van der Waals surface area (Å²) < 4.78 is 0. The van der Waals surface area contributed by atoms with Gasteiger partial charge in [-0.05, 0) is 36.1 Å². The van der Waals surface area contributed by atoms with E-state index in [0.717, 1.165) is 29.3 Å². The van der Waals surface area contributed by atoms with Crippen LogP contribution in [0.3, 0.4) is 0 Å². The Morgan fingerprint density at radius 3 is 2.71 bits per heavy atom. The van der Waals surface area contributed by atoms with Gasteiger partial charge in [0.25, 0.3) is 0 Å². The van der Waals surface area contributed by atoms with Crippen LogP contribution >= 0.6 is 15.9 Å². The van der Waals surface area contributed by atoms with E-state index in [4.69, 9.17) is 0 Å². The summed E-state index contributed by atoms with van der Waals surface area (Å²) in [5.41, 5.74) is 2.33. The lowest BCUT2D eigenvalue weighted by Gasteiger charge is -2.08. The molecule has 0 amide bonds. The van der Waals surface area contributed by atoms with Crippen molar-refractivity contribution in [1.82, 2.24) is 0 Å². The molecule has 0 saturated heterocycles. The highest BCUT2D eigenvalue weighted by Crippen LogP contribution is 2.15. The third-order valence-electron chi connectivity index (χ3n) is 2.34. The number of carbonyl (C=O) groups excluding carboxylic acids is 1. The van der Waals surface area contributed by atoms with E-state index in [0.29, 0.717) is 0 Å². The summed E-state index contributed by atoms with van der Waals surface area (Å²) in [6.45, 7) is 1.97. The molecule has 0 atom stereocenters. The van der Waals surface area contributed by atoms with E-state index >= 15 is 0 Å². The predicted molar refractivity (Wildman–Crippen MR) is 65.7 cm³/mol. The number of benzene rings is 1. The Hall–Kier alpha value is -1.43. The molecule has 0 aliphatic heterocycles. The van der Waals surface area contributed by atoms with Gasteiger partial charge in [0.05, 0.1) is 0 Å². The molecule has 0 aromatic heterocycles. The van der Waals surface area contributed by atoms with Gasteiger partial charge in [-0.3, -0.25) is 4.79 Å². The maximum absolute atomic E-state index is 11.3. The number of aryl methyl sites for hydroxylation is 2. The van der Waals surface area contributed by atoms with Crippen molar-refractivity contribution in [2.75, 3.05) is 5.33 Å². The van der Waals surface area contributed by atoms with Crippen LogP contribution < -0.4 is 0 Å². The summed E-state index contributed by atoms with van der Waals surface area (Å²) in [5, 5.41) is 9.80. The van der Waals surface area contributed by atoms with Gasteiger partial charge < -0.3 is 0 Å². The molecular formula is C11H12BrNO4. The standard InChI is InChI=1S/C11H12BrNO4/c1-2-8-7-10(11(14)17-13(15)16)4-3-9(8)5-6-12/h3-4,7H,2,5-6H2,1H3. The van der Waals surface area contributed by atoms with Crippen molar-refractivity contribution in [1.29, 1.82) is 0 Å². The average molecular weight is 302 g/mol. The summed E-state index contributed by atoms with van der Waals surface area (Å²) >= 11 is 3.35. The van der Waals surface area contributed by atoms with Gasteiger partial charge in [-0.2, -0.15) is 0 Å². The molecule has 0 fully saturated rings. The van der Waals surface area contributed by atoms with Crippen molar-refractivity contribution >= 4 is 21.9 Å². The van der Waals surface area contributed by atoms with Crippen LogP contribution in [0.15, 0.2) is 18.2 Å². The molecule has 0 spiro atoms. The van der Waals surface area contributed by atoms with Crippen LogP contribution in [-0.2, 0) is 17.7 Å². The topological polar surface area (TPSA) is 69.4 Å². The molecule has 0 N–H and O–H groups in total. The van der Waals surface area contributed by atoms with Crippen LogP contribution in [0.5, 0.6) is 0 Å². The van der Waals surface area contributed by atoms with Crippen molar-refractivity contribution in [2.45, 2.75) is 19.8 Å². The SMILES string of the molecule is CCc1cc(C(=O)O[N+](=O)[O-])ccc1CCBr. The van der Waals surface area contributed by atoms with Gasteiger partial charge in [-0.15, -0.1) is 10.1 Å². The fourth-order valence-corrected chi connectivity index (χ4v) is 1.98. The van der Waals surface area contributed by atoms with Crippen molar-refractivity contribution in [3.63, 3.8) is 0 Å². The fraction of sp³-hybridized carbons (Fsp3) is 0.364. The number of nitrogens with zero attached hydrogens (tertiary/aromatic N) is 1. The van der Waals surface area contributed by atoms with E-state index < -0.39 is 11.1 Å². The van der Waals surface area contributed by atoms with Crippen molar-refractivity contribution in [2.24, 2.45) is 0 Å². The molecule has 92 valence electrons. The zero-order valence-corrected chi connectivity index (χ0v) is 10.9. The first kappa shape index (κ1) is 13.6. The maximum Gasteiger partial charge on any atom is 0.334 e. The highest BCUT2D eigenvalue weighted by atomic mass is 79.9. The molecule has 1 rings (SSSR count). The molecule has 5 nitrogen and oxygen atoms in total. The first-order chi connectivity index (χ1) is 8.08. The second kappa shape index (κ2) is 6.34. The first-order valence-electron chi connectivity index (χ1n) is 5.13. The smallest absolute Gasteiger partial charge is 0.263 e. The predicted octanol–water partition coefficient (Wildman–Crippen LogP) is 2.53. The number of carbonyl (C=O) groups is 1. The molecule has 0 saturated carbocycles. The van der Waals surface area contributed by atoms with Gasteiger partial charge in [0.1, 0.15) is 0 Å². The van der Waals surface area contributed by atoms with Crippen molar-refractivity contribution in [3.8, 4) is 0 Å². The third kappa shape index (κ3) is 3.81. The highest BCUT2D eigenvalue weighted by molar-refractivity contribution is 9.09. The Morgan fingerprint density at radius 1 is 1.47 bits per heavy atom. The van der Waals surface area contributed by atoms with E-state index in [-0.39, 0.29) is 5.56 Å². The van der Waals surface area contributed by atoms with Crippen molar-refractivity contribution < 1.29 is 14.7 Å². The van der Waals surface area contributed by atoms with Gasteiger partial charge in [-0.1, -0.05) is 28.9 Å². The second-order valence-corrected chi connectivity index (χ2v) is 4.17. The average Bonchev–Trinajstić information content (AvgIpc) is 2.29. The Labute approximate surface area is 107 Å². The number of hydrogen-bond acceptors (Lipinski definition) is 4. The lowest BCUT2D eigenvalue weighted by Crippen LogP contribution is -2.11. The summed E-state index contributed by atoms with van der Waals surface area (Å²) in [4.78, 5) is 25.3. The molecular weight excluding hydrogens is 290 g/mol. The third-order valence-corrected chi connectivity index (χ3v) is 2.74. The van der Waals surface area contributed by atoms with E-state index in [1.807, 2.05) is 6.92 Å². The number of hydrogen-bond donors (Lipinski definition) is 0. The van der Waals surface area contributed by atoms with Gasteiger partial charge in [0.15, 0.2) is 0 Å². The lowest BCUT2D eigenvalue weighted by molar-refractivity contribution is -0.727. The molecule has 6 heteroatoms. The molecule has 0 aliphatic rings. The summed E-state index contributed by atoms with van der Waals surface area (Å²) in [6.07, 6.45) is 1.62. The number of alkyl halides is 1. The Kier molecular flexibility index (Phi) is 5.09. The van der Waals surface area contributed by atoms with Gasteiger partial charge in [0, 0.05) is 10.9 Å². The van der Waals surface area contributed by atoms with Gasteiger partial charge in [0.2, 0.25) is 0 Å². The minimum atomic E-state index is -1.10. The number of halogens is 1. The summed E-state index contributed by atoms with van der Waals surface area (Å²) in [7, 11) is 0. The molecule has 1 aromatic carbocycles. The van der Waals surface area contributed by atoms with E-state index in [2.05, 4.69) is 20.8 Å². The van der Waals surface area contributed by atoms with Gasteiger partial charge >= 0.3 is 11.1 Å². The normalized spacial score (nSPS) is 10.0. The summed E-state index contributed by atoms with van der Waals surface area (Å²) in [5.74, 6) is -0.935. The Bertz CT molecular complexity index is 433. The molecule has 0 bridgehead atoms. The maximum atomic E-state index is 11.3. The zero-order chi connectivity index (χ0) is 12.8. The van der Waals surface area contributed by atoms with E-state index in [1.165, 1.54) is 0 Å². The molecule has 17 heavy (non-hydrogen) atoms. The van der Waals surface area contributed by atoms with Crippen molar-refractivity contribution in [3.05, 3.63) is 45.0 Å². The molecule has 1 aromatic rings. The Balaban J connectivity index is 2.96. The lowest BCUT2D eigenvalue weighted by atomic mass is 10.0. The van der Waals surface area contributed by atoms with Gasteiger partial charge in [-0.25, -0.2) is 4.84 Å². The second-order valence-electron chi connectivity index (χ2n) is 3.38. The van der Waals surface area contributed by atoms with Crippen LogP contribution in [0, 0.1) is 10.1 Å². The number of rotatable bonds is 5. The Morgan fingerprint density at radius 2 is 2.18 bits per heavy atom. The summed E-state index contributed by atoms with van der Waals surface area (Å²) in [6, 6.07) is 4.99. The monoisotopic (exact) mass is 301 g/mol. The molecule has 0 unspecified atom stereocenters. The fourth-order valence-electron chi connectivity index (χ4n) is 1.55. The van der Waals surface area contributed by atoms with Crippen LogP contribution in [-0.4, -0.2) is 16.4 Å². The molecule has 0 aliphatic carbocycles. The van der Waals surface area contributed by atoms with Crippen LogP contribution in [0.4, 0.5) is 0 Å². The minimum Gasteiger partial charge on any atom is -0.263 e. The minimum absolute atomic E-state index is 0.205. The van der Waals surface area contributed by atoms with E-state index in [1.54, 1.807) is 18.2 Å². The van der Waals surface area contributed by atoms with Crippen LogP contribution in [0.1, 0.15) is 28.4 Å².